The summed E-state index contributed by atoms with van der Waals surface area (Å²) >= 11 is 0. The molecule has 4 rings (SSSR count). The van der Waals surface area contributed by atoms with Crippen LogP contribution in [-0.2, 0) is 6.42 Å². The van der Waals surface area contributed by atoms with Crippen LogP contribution in [0, 0.1) is 5.92 Å². The Morgan fingerprint density at radius 1 is 1.33 bits per heavy atom. The lowest BCUT2D eigenvalue weighted by molar-refractivity contribution is 0.119. The Kier molecular flexibility index (Phi) is 2.13. The van der Waals surface area contributed by atoms with Gasteiger partial charge in [0.05, 0.1) is 0 Å². The fourth-order valence-corrected chi connectivity index (χ4v) is 4.21. The van der Waals surface area contributed by atoms with Gasteiger partial charge in [0, 0.05) is 35.6 Å². The van der Waals surface area contributed by atoms with E-state index in [1.54, 1.807) is 5.56 Å². The number of hydrogen-bond acceptors (Lipinski definition) is 1. The van der Waals surface area contributed by atoms with E-state index in [4.69, 9.17) is 0 Å². The maximum Gasteiger partial charge on any atom is 0.0459 e. The minimum absolute atomic E-state index is 0.704. The Hall–Kier alpha value is -1.28. The van der Waals surface area contributed by atoms with Gasteiger partial charge in [-0.25, -0.2) is 0 Å². The highest BCUT2D eigenvalue weighted by Gasteiger charge is 2.37. The SMILES string of the molecule is C[C@H]1CC2c3cccc4[nH]cc(c34)CC2N(C)C1. The minimum atomic E-state index is 0.704. The lowest BCUT2D eigenvalue weighted by Gasteiger charge is -2.44. The highest BCUT2D eigenvalue weighted by atomic mass is 15.1. The molecule has 2 unspecified atom stereocenters. The van der Waals surface area contributed by atoms with Crippen molar-refractivity contribution in [2.75, 3.05) is 13.6 Å². The first kappa shape index (κ1) is 10.6. The van der Waals surface area contributed by atoms with E-state index in [1.807, 2.05) is 0 Å². The van der Waals surface area contributed by atoms with Gasteiger partial charge < -0.3 is 9.88 Å². The number of hydrogen-bond donors (Lipinski definition) is 1. The summed E-state index contributed by atoms with van der Waals surface area (Å²) in [6.45, 7) is 3.64. The summed E-state index contributed by atoms with van der Waals surface area (Å²) < 4.78 is 0. The lowest BCUT2D eigenvalue weighted by Crippen LogP contribution is -2.47. The number of aromatic amines is 1. The van der Waals surface area contributed by atoms with Crippen LogP contribution in [0.25, 0.3) is 10.9 Å². The van der Waals surface area contributed by atoms with Crippen LogP contribution in [0.5, 0.6) is 0 Å². The molecule has 2 heterocycles. The van der Waals surface area contributed by atoms with E-state index in [0.29, 0.717) is 6.04 Å². The molecule has 1 aromatic heterocycles. The van der Waals surface area contributed by atoms with E-state index in [9.17, 15) is 0 Å². The minimum Gasteiger partial charge on any atom is -0.361 e. The number of aromatic nitrogens is 1. The summed E-state index contributed by atoms with van der Waals surface area (Å²) in [4.78, 5) is 6.01. The molecule has 1 aliphatic carbocycles. The van der Waals surface area contributed by atoms with Crippen molar-refractivity contribution < 1.29 is 0 Å². The van der Waals surface area contributed by atoms with Crippen LogP contribution in [0.4, 0.5) is 0 Å². The quantitative estimate of drug-likeness (QED) is 0.749. The number of fused-ring (bicyclic) bond motifs is 2. The van der Waals surface area contributed by atoms with E-state index < -0.39 is 0 Å². The van der Waals surface area contributed by atoms with Crippen molar-refractivity contribution in [3.05, 3.63) is 35.5 Å². The molecule has 0 saturated carbocycles. The van der Waals surface area contributed by atoms with E-state index in [2.05, 4.69) is 48.3 Å². The summed E-state index contributed by atoms with van der Waals surface area (Å²) in [6, 6.07) is 7.47. The predicted molar refractivity (Wildman–Crippen MR) is 74.9 cm³/mol. The molecule has 1 aromatic carbocycles. The predicted octanol–water partition coefficient (Wildman–Crippen LogP) is 3.15. The molecular formula is C16H20N2. The van der Waals surface area contributed by atoms with Gasteiger partial charge in [-0.05, 0) is 43.0 Å². The van der Waals surface area contributed by atoms with Gasteiger partial charge in [0.1, 0.15) is 0 Å². The molecule has 3 atom stereocenters. The third-order valence-corrected chi connectivity index (χ3v) is 4.93. The summed E-state index contributed by atoms with van der Waals surface area (Å²) in [6.07, 6.45) is 4.78. The van der Waals surface area contributed by atoms with Gasteiger partial charge in [-0.3, -0.25) is 0 Å². The molecule has 1 N–H and O–H groups in total. The molecule has 2 heteroatoms. The highest BCUT2D eigenvalue weighted by Crippen LogP contribution is 2.43. The van der Waals surface area contributed by atoms with Gasteiger partial charge in [0.15, 0.2) is 0 Å². The standard InChI is InChI=1S/C16H20N2/c1-10-6-13-12-4-3-5-14-16(12)11(8-17-14)7-15(13)18(2)9-10/h3-5,8,10,13,15,17H,6-7,9H2,1-2H3/t10-,13?,15?/m0/s1. The Bertz CT molecular complexity index is 598. The average Bonchev–Trinajstić information content (AvgIpc) is 2.76. The van der Waals surface area contributed by atoms with E-state index in [1.165, 1.54) is 35.9 Å². The Labute approximate surface area is 108 Å². The lowest BCUT2D eigenvalue weighted by atomic mass is 9.73. The summed E-state index contributed by atoms with van der Waals surface area (Å²) in [5.74, 6) is 1.54. The summed E-state index contributed by atoms with van der Waals surface area (Å²) in [7, 11) is 2.30. The molecule has 2 aliphatic rings. The Morgan fingerprint density at radius 2 is 2.22 bits per heavy atom. The monoisotopic (exact) mass is 240 g/mol. The van der Waals surface area contributed by atoms with Gasteiger partial charge in [0.2, 0.25) is 0 Å². The fourth-order valence-electron chi connectivity index (χ4n) is 4.21. The fraction of sp³-hybridized carbons (Fsp3) is 0.500. The second kappa shape index (κ2) is 3.61. The van der Waals surface area contributed by atoms with Crippen molar-refractivity contribution in [1.82, 2.24) is 9.88 Å². The topological polar surface area (TPSA) is 19.0 Å². The summed E-state index contributed by atoms with van der Waals surface area (Å²) in [5, 5.41) is 1.52. The number of rotatable bonds is 0. The number of likely N-dealkylation sites (N-methyl/N-ethyl adjacent to an activating group) is 1. The number of H-pyrrole nitrogens is 1. The van der Waals surface area contributed by atoms with Crippen molar-refractivity contribution in [2.45, 2.75) is 31.7 Å². The van der Waals surface area contributed by atoms with Crippen molar-refractivity contribution in [1.29, 1.82) is 0 Å². The Morgan fingerprint density at radius 3 is 3.11 bits per heavy atom. The van der Waals surface area contributed by atoms with Crippen LogP contribution in [0.1, 0.15) is 30.4 Å². The van der Waals surface area contributed by atoms with Crippen molar-refractivity contribution in [3.63, 3.8) is 0 Å². The first-order chi connectivity index (χ1) is 8.74. The van der Waals surface area contributed by atoms with E-state index in [0.717, 1.165) is 11.8 Å². The number of benzene rings is 1. The van der Waals surface area contributed by atoms with Gasteiger partial charge in [-0.2, -0.15) is 0 Å². The molecule has 1 aliphatic heterocycles. The molecule has 0 amide bonds. The highest BCUT2D eigenvalue weighted by molar-refractivity contribution is 5.88. The zero-order chi connectivity index (χ0) is 12.3. The molecule has 18 heavy (non-hydrogen) atoms. The molecular weight excluding hydrogens is 220 g/mol. The van der Waals surface area contributed by atoms with Gasteiger partial charge >= 0.3 is 0 Å². The number of piperidine rings is 1. The largest absolute Gasteiger partial charge is 0.361 e. The molecule has 2 aromatic rings. The number of nitrogens with zero attached hydrogens (tertiary/aromatic N) is 1. The zero-order valence-electron chi connectivity index (χ0n) is 11.1. The van der Waals surface area contributed by atoms with Crippen LogP contribution in [-0.4, -0.2) is 29.5 Å². The molecule has 2 nitrogen and oxygen atoms in total. The van der Waals surface area contributed by atoms with E-state index in [-0.39, 0.29) is 0 Å². The van der Waals surface area contributed by atoms with Crippen LogP contribution < -0.4 is 0 Å². The second-order valence-electron chi connectivity index (χ2n) is 6.24. The Balaban J connectivity index is 1.92. The first-order valence-electron chi connectivity index (χ1n) is 7.03. The van der Waals surface area contributed by atoms with Crippen LogP contribution in [0.2, 0.25) is 0 Å². The van der Waals surface area contributed by atoms with Gasteiger partial charge in [-0.15, -0.1) is 0 Å². The molecule has 1 saturated heterocycles. The molecule has 94 valence electrons. The molecule has 0 bridgehead atoms. The zero-order valence-corrected chi connectivity index (χ0v) is 11.1. The third kappa shape index (κ3) is 1.33. The van der Waals surface area contributed by atoms with Crippen molar-refractivity contribution >= 4 is 10.9 Å². The number of likely N-dealkylation sites (tertiary alicyclic amines) is 1. The van der Waals surface area contributed by atoms with Crippen LogP contribution in [0.15, 0.2) is 24.4 Å². The van der Waals surface area contributed by atoms with Crippen molar-refractivity contribution in [3.8, 4) is 0 Å². The smallest absolute Gasteiger partial charge is 0.0459 e. The van der Waals surface area contributed by atoms with Gasteiger partial charge in [0.25, 0.3) is 0 Å². The number of nitrogens with one attached hydrogen (secondary N) is 1. The maximum absolute atomic E-state index is 3.44. The second-order valence-corrected chi connectivity index (χ2v) is 6.24. The molecule has 1 fully saturated rings. The van der Waals surface area contributed by atoms with Crippen LogP contribution >= 0.6 is 0 Å². The first-order valence-corrected chi connectivity index (χ1v) is 7.03. The third-order valence-electron chi connectivity index (χ3n) is 4.93. The average molecular weight is 240 g/mol. The summed E-state index contributed by atoms with van der Waals surface area (Å²) in [5.41, 5.74) is 4.42. The van der Waals surface area contributed by atoms with E-state index >= 15 is 0 Å². The molecule has 0 spiro atoms. The van der Waals surface area contributed by atoms with Crippen molar-refractivity contribution in [2.24, 2.45) is 5.92 Å². The normalized spacial score (nSPS) is 31.6. The van der Waals surface area contributed by atoms with Gasteiger partial charge in [-0.1, -0.05) is 19.1 Å². The molecule has 0 radical (unpaired) electrons. The van der Waals surface area contributed by atoms with Crippen LogP contribution in [0.3, 0.4) is 0 Å². The maximum atomic E-state index is 3.44.